The fourth-order valence-electron chi connectivity index (χ4n) is 3.85. The molecular formula is C27H26ClF2N3O2. The minimum absolute atomic E-state index is 0.000320. The summed E-state index contributed by atoms with van der Waals surface area (Å²) in [6, 6.07) is 19.0. The lowest BCUT2D eigenvalue weighted by molar-refractivity contribution is 0.00585. The van der Waals surface area contributed by atoms with Crippen molar-refractivity contribution in [3.8, 4) is 0 Å². The molecule has 4 rings (SSSR count). The van der Waals surface area contributed by atoms with Crippen molar-refractivity contribution in [3.63, 3.8) is 0 Å². The van der Waals surface area contributed by atoms with E-state index < -0.39 is 12.2 Å². The van der Waals surface area contributed by atoms with Crippen LogP contribution < -0.4 is 5.32 Å². The maximum Gasteiger partial charge on any atom is 0.130 e. The summed E-state index contributed by atoms with van der Waals surface area (Å²) < 4.78 is 34.9. The fourth-order valence-corrected chi connectivity index (χ4v) is 3.97. The first-order chi connectivity index (χ1) is 16.9. The average Bonchev–Trinajstić information content (AvgIpc) is 3.28. The van der Waals surface area contributed by atoms with Gasteiger partial charge in [0.15, 0.2) is 0 Å². The number of nitrogens with zero attached hydrogens (tertiary/aromatic N) is 2. The Bertz CT molecular complexity index is 1170. The zero-order valence-corrected chi connectivity index (χ0v) is 19.9. The van der Waals surface area contributed by atoms with Gasteiger partial charge < -0.3 is 19.7 Å². The Kier molecular flexibility index (Phi) is 8.25. The topological polar surface area (TPSA) is 59.3 Å². The molecule has 0 aliphatic rings. The summed E-state index contributed by atoms with van der Waals surface area (Å²) in [5, 5.41) is 14.7. The third kappa shape index (κ3) is 6.52. The summed E-state index contributed by atoms with van der Waals surface area (Å²) in [6.45, 7) is 0.222. The van der Waals surface area contributed by atoms with Crippen LogP contribution in [-0.4, -0.2) is 33.9 Å². The number of nitrogens with one attached hydrogen (secondary N) is 1. The molecule has 0 saturated carbocycles. The van der Waals surface area contributed by atoms with Gasteiger partial charge in [-0.2, -0.15) is 0 Å². The molecule has 0 unspecified atom stereocenters. The predicted octanol–water partition coefficient (Wildman–Crippen LogP) is 5.20. The Labute approximate surface area is 208 Å². The Morgan fingerprint density at radius 1 is 0.914 bits per heavy atom. The maximum absolute atomic E-state index is 13.4. The first-order valence-corrected chi connectivity index (χ1v) is 11.5. The highest BCUT2D eigenvalue weighted by molar-refractivity contribution is 6.30. The van der Waals surface area contributed by atoms with Crippen LogP contribution in [0.15, 0.2) is 85.2 Å². The van der Waals surface area contributed by atoms with Crippen molar-refractivity contribution < 1.29 is 18.6 Å². The molecule has 2 atom stereocenters. The second-order valence-electron chi connectivity index (χ2n) is 8.26. The number of hydrogen-bond acceptors (Lipinski definition) is 4. The quantitative estimate of drug-likeness (QED) is 0.316. The summed E-state index contributed by atoms with van der Waals surface area (Å²) in [5.41, 5.74) is 2.35. The van der Waals surface area contributed by atoms with Crippen molar-refractivity contribution in [2.75, 3.05) is 13.2 Å². The number of benzene rings is 3. The third-order valence-electron chi connectivity index (χ3n) is 5.68. The molecule has 3 aromatic carbocycles. The molecule has 1 aromatic heterocycles. The van der Waals surface area contributed by atoms with E-state index >= 15 is 0 Å². The smallest absolute Gasteiger partial charge is 0.130 e. The molecule has 4 aromatic rings. The van der Waals surface area contributed by atoms with Crippen LogP contribution in [-0.2, 0) is 11.8 Å². The monoisotopic (exact) mass is 497 g/mol. The van der Waals surface area contributed by atoms with Crippen molar-refractivity contribution in [1.82, 2.24) is 14.9 Å². The average molecular weight is 498 g/mol. The number of aromatic nitrogens is 2. The molecule has 2 N–H and O–H groups in total. The van der Waals surface area contributed by atoms with Gasteiger partial charge in [-0.05, 0) is 53.1 Å². The zero-order chi connectivity index (χ0) is 24.8. The first kappa shape index (κ1) is 25.0. The molecule has 0 amide bonds. The molecular weight excluding hydrogens is 472 g/mol. The van der Waals surface area contributed by atoms with Crippen molar-refractivity contribution in [3.05, 3.63) is 124 Å². The number of aliphatic hydroxyl groups is 1. The standard InChI is InChI=1S/C27H26ClF2N3O2/c1-33-15-14-31-27(33)25(18-2-8-21(28)9-3-18)32-16-24(34)17-35-26(19-4-10-22(29)11-5-19)20-6-12-23(30)13-7-20/h2-15,24-26,32,34H,16-17H2,1H3/t24-,25-/m1/s1. The van der Waals surface area contributed by atoms with E-state index in [-0.39, 0.29) is 30.8 Å². The van der Waals surface area contributed by atoms with E-state index in [1.54, 1.807) is 30.5 Å². The van der Waals surface area contributed by atoms with E-state index in [1.807, 2.05) is 42.1 Å². The van der Waals surface area contributed by atoms with Crippen LogP contribution in [0.5, 0.6) is 0 Å². The van der Waals surface area contributed by atoms with Gasteiger partial charge in [0, 0.05) is 31.0 Å². The van der Waals surface area contributed by atoms with Crippen molar-refractivity contribution in [2.24, 2.45) is 7.05 Å². The zero-order valence-electron chi connectivity index (χ0n) is 19.1. The molecule has 8 heteroatoms. The third-order valence-corrected chi connectivity index (χ3v) is 5.93. The van der Waals surface area contributed by atoms with E-state index in [0.717, 1.165) is 11.4 Å². The molecule has 0 radical (unpaired) electrons. The predicted molar refractivity (Wildman–Crippen MR) is 131 cm³/mol. The van der Waals surface area contributed by atoms with Gasteiger partial charge in [0.25, 0.3) is 0 Å². The van der Waals surface area contributed by atoms with Crippen molar-refractivity contribution in [1.29, 1.82) is 0 Å². The Morgan fingerprint density at radius 2 is 1.46 bits per heavy atom. The summed E-state index contributed by atoms with van der Waals surface area (Å²) >= 11 is 6.05. The maximum atomic E-state index is 13.4. The van der Waals surface area contributed by atoms with E-state index in [2.05, 4.69) is 10.3 Å². The Balaban J connectivity index is 1.45. The molecule has 0 fully saturated rings. The van der Waals surface area contributed by atoms with Crippen LogP contribution in [0.1, 0.15) is 34.7 Å². The van der Waals surface area contributed by atoms with E-state index in [4.69, 9.17) is 16.3 Å². The minimum atomic E-state index is -0.853. The lowest BCUT2D eigenvalue weighted by Crippen LogP contribution is -2.35. The highest BCUT2D eigenvalue weighted by Gasteiger charge is 2.21. The summed E-state index contributed by atoms with van der Waals surface area (Å²) in [6.07, 6.45) is 2.13. The lowest BCUT2D eigenvalue weighted by atomic mass is 10.0. The molecule has 182 valence electrons. The summed E-state index contributed by atoms with van der Waals surface area (Å²) in [7, 11) is 1.91. The fraction of sp³-hybridized carbons (Fsp3) is 0.222. The molecule has 0 bridgehead atoms. The van der Waals surface area contributed by atoms with Crippen molar-refractivity contribution in [2.45, 2.75) is 18.2 Å². The van der Waals surface area contributed by atoms with Gasteiger partial charge in [0.2, 0.25) is 0 Å². The molecule has 0 saturated heterocycles. The SMILES string of the molecule is Cn1ccnc1[C@H](NC[C@@H](O)COC(c1ccc(F)cc1)c1ccc(F)cc1)c1ccc(Cl)cc1. The second kappa shape index (κ2) is 11.6. The second-order valence-corrected chi connectivity index (χ2v) is 8.70. The number of rotatable bonds is 10. The van der Waals surface area contributed by atoms with E-state index in [1.165, 1.54) is 24.3 Å². The number of ether oxygens (including phenoxy) is 1. The molecule has 0 spiro atoms. The van der Waals surface area contributed by atoms with Crippen LogP contribution in [0.3, 0.4) is 0 Å². The number of halogens is 3. The van der Waals surface area contributed by atoms with E-state index in [0.29, 0.717) is 16.1 Å². The van der Waals surface area contributed by atoms with Gasteiger partial charge in [-0.25, -0.2) is 13.8 Å². The van der Waals surface area contributed by atoms with Crippen LogP contribution in [0, 0.1) is 11.6 Å². The van der Waals surface area contributed by atoms with Crippen LogP contribution in [0.25, 0.3) is 0 Å². The number of hydrogen-bond donors (Lipinski definition) is 2. The van der Waals surface area contributed by atoms with Crippen LogP contribution >= 0.6 is 11.6 Å². The van der Waals surface area contributed by atoms with Gasteiger partial charge in [0.1, 0.15) is 23.6 Å². The molecule has 0 aliphatic heterocycles. The highest BCUT2D eigenvalue weighted by Crippen LogP contribution is 2.27. The van der Waals surface area contributed by atoms with Crippen LogP contribution in [0.4, 0.5) is 8.78 Å². The molecule has 0 aliphatic carbocycles. The number of aliphatic hydroxyl groups excluding tert-OH is 1. The Morgan fingerprint density at radius 3 is 1.97 bits per heavy atom. The van der Waals surface area contributed by atoms with Gasteiger partial charge in [-0.15, -0.1) is 0 Å². The van der Waals surface area contributed by atoms with Gasteiger partial charge in [-0.3, -0.25) is 0 Å². The van der Waals surface area contributed by atoms with Gasteiger partial charge in [-0.1, -0.05) is 48.0 Å². The van der Waals surface area contributed by atoms with Gasteiger partial charge >= 0.3 is 0 Å². The first-order valence-electron chi connectivity index (χ1n) is 11.2. The molecule has 35 heavy (non-hydrogen) atoms. The largest absolute Gasteiger partial charge is 0.389 e. The van der Waals surface area contributed by atoms with Gasteiger partial charge in [0.05, 0.1) is 18.8 Å². The highest BCUT2D eigenvalue weighted by atomic mass is 35.5. The number of imidazole rings is 1. The minimum Gasteiger partial charge on any atom is -0.389 e. The van der Waals surface area contributed by atoms with Crippen molar-refractivity contribution >= 4 is 11.6 Å². The van der Waals surface area contributed by atoms with E-state index in [9.17, 15) is 13.9 Å². The lowest BCUT2D eigenvalue weighted by Gasteiger charge is -2.24. The summed E-state index contributed by atoms with van der Waals surface area (Å²) in [4.78, 5) is 4.45. The Hall–Kier alpha value is -3.10. The molecule has 1 heterocycles. The normalized spacial score (nSPS) is 13.2. The van der Waals surface area contributed by atoms with Crippen LogP contribution in [0.2, 0.25) is 5.02 Å². The summed E-state index contributed by atoms with van der Waals surface area (Å²) in [5.74, 6) is 0.0627. The molecule has 5 nitrogen and oxygen atoms in total. The number of aryl methyl sites for hydroxylation is 1.